The molecule has 3 rings (SSSR count). The van der Waals surface area contributed by atoms with Crippen molar-refractivity contribution in [2.45, 2.75) is 29.1 Å². The molecule has 0 aliphatic heterocycles. The van der Waals surface area contributed by atoms with Gasteiger partial charge in [0.2, 0.25) is 10.4 Å². The van der Waals surface area contributed by atoms with E-state index in [0.29, 0.717) is 11.1 Å². The normalized spacial score (nSPS) is 15.2. The van der Waals surface area contributed by atoms with Crippen LogP contribution in [0.25, 0.3) is 0 Å². The van der Waals surface area contributed by atoms with E-state index in [-0.39, 0.29) is 5.28 Å². The van der Waals surface area contributed by atoms with Crippen LogP contribution in [0.1, 0.15) is 18.9 Å². The average Bonchev–Trinajstić information content (AvgIpc) is 3.05. The Morgan fingerprint density at radius 1 is 1.47 bits per heavy atom. The van der Waals surface area contributed by atoms with Crippen molar-refractivity contribution in [2.75, 3.05) is 0 Å². The Hall–Kier alpha value is -0.730. The van der Waals surface area contributed by atoms with Gasteiger partial charge in [-0.15, -0.1) is 5.10 Å². The summed E-state index contributed by atoms with van der Waals surface area (Å²) in [6.45, 7) is 0. The minimum absolute atomic E-state index is 0.209. The molecule has 1 aliphatic rings. The summed E-state index contributed by atoms with van der Waals surface area (Å²) in [5.41, 5.74) is 0. The van der Waals surface area contributed by atoms with Gasteiger partial charge in [-0.3, -0.25) is 0 Å². The molecule has 2 heterocycles. The molecule has 9 heteroatoms. The Balaban J connectivity index is 1.90. The first-order chi connectivity index (χ1) is 8.24. The van der Waals surface area contributed by atoms with Gasteiger partial charge in [0.25, 0.3) is 0 Å². The predicted octanol–water partition coefficient (Wildman–Crippen LogP) is 2.37. The highest BCUT2D eigenvalue weighted by Gasteiger charge is 2.28. The summed E-state index contributed by atoms with van der Waals surface area (Å²) in [6.07, 6.45) is 3.87. The molecule has 0 spiro atoms. The lowest BCUT2D eigenvalue weighted by atomic mass is 10.7. The highest BCUT2D eigenvalue weighted by Crippen LogP contribution is 2.38. The molecule has 0 unspecified atom stereocenters. The van der Waals surface area contributed by atoms with Crippen molar-refractivity contribution >= 4 is 39.3 Å². The Labute approximate surface area is 114 Å². The molecule has 0 atom stereocenters. The van der Waals surface area contributed by atoms with E-state index in [9.17, 15) is 0 Å². The fourth-order valence-electron chi connectivity index (χ4n) is 1.29. The molecule has 2 aromatic rings. The van der Waals surface area contributed by atoms with E-state index in [4.69, 9.17) is 11.6 Å². The number of hydrogen-bond donors (Lipinski definition) is 0. The molecular weight excluding hydrogens is 328 g/mol. The smallest absolute Gasteiger partial charge is 0.223 e. The molecule has 0 N–H and O–H groups in total. The van der Waals surface area contributed by atoms with Crippen molar-refractivity contribution in [1.29, 1.82) is 0 Å². The summed E-state index contributed by atoms with van der Waals surface area (Å²) in [4.78, 5) is 8.00. The summed E-state index contributed by atoms with van der Waals surface area (Å²) < 4.78 is 2.60. The second-order valence-electron chi connectivity index (χ2n) is 3.53. The van der Waals surface area contributed by atoms with Gasteiger partial charge in [0.05, 0.1) is 10.5 Å². The first kappa shape index (κ1) is 11.4. The van der Waals surface area contributed by atoms with Crippen molar-refractivity contribution in [1.82, 2.24) is 30.2 Å². The third-order valence-corrected chi connectivity index (χ3v) is 4.21. The number of aromatic nitrogens is 6. The molecule has 0 amide bonds. The van der Waals surface area contributed by atoms with Crippen LogP contribution >= 0.6 is 39.3 Å². The molecular formula is C8H6BrClN6S. The zero-order valence-electron chi connectivity index (χ0n) is 8.42. The SMILES string of the molecule is Clc1ncc(Br)c(Sc2nnnn2C2CC2)n1. The largest absolute Gasteiger partial charge is 0.225 e. The topological polar surface area (TPSA) is 69.4 Å². The number of rotatable bonds is 3. The highest BCUT2D eigenvalue weighted by atomic mass is 79.9. The molecule has 6 nitrogen and oxygen atoms in total. The van der Waals surface area contributed by atoms with E-state index in [1.54, 1.807) is 6.20 Å². The van der Waals surface area contributed by atoms with Crippen molar-refractivity contribution in [3.8, 4) is 0 Å². The van der Waals surface area contributed by atoms with Crippen LogP contribution in [-0.2, 0) is 0 Å². The Morgan fingerprint density at radius 2 is 2.29 bits per heavy atom. The van der Waals surface area contributed by atoms with Crippen LogP contribution in [-0.4, -0.2) is 30.2 Å². The van der Waals surface area contributed by atoms with Crippen molar-refractivity contribution in [3.05, 3.63) is 16.0 Å². The summed E-state index contributed by atoms with van der Waals surface area (Å²) in [7, 11) is 0. The Morgan fingerprint density at radius 3 is 3.06 bits per heavy atom. The maximum atomic E-state index is 5.76. The van der Waals surface area contributed by atoms with Crippen LogP contribution in [0.2, 0.25) is 5.28 Å². The standard InChI is InChI=1S/C8H6BrClN6S/c9-5-3-11-7(10)12-6(5)17-8-13-14-15-16(8)4-1-2-4/h3-4H,1-2H2. The minimum Gasteiger partial charge on any atom is -0.225 e. The van der Waals surface area contributed by atoms with Gasteiger partial charge < -0.3 is 0 Å². The number of tetrazole rings is 1. The van der Waals surface area contributed by atoms with Crippen LogP contribution in [0.5, 0.6) is 0 Å². The first-order valence-corrected chi connectivity index (χ1v) is 6.86. The molecule has 0 bridgehead atoms. The van der Waals surface area contributed by atoms with Crippen molar-refractivity contribution in [2.24, 2.45) is 0 Å². The second-order valence-corrected chi connectivity index (χ2v) is 5.68. The lowest BCUT2D eigenvalue weighted by Crippen LogP contribution is -1.99. The number of nitrogens with zero attached hydrogens (tertiary/aromatic N) is 6. The van der Waals surface area contributed by atoms with E-state index in [2.05, 4.69) is 41.4 Å². The lowest BCUT2D eigenvalue weighted by Gasteiger charge is -2.03. The third-order valence-electron chi connectivity index (χ3n) is 2.23. The van der Waals surface area contributed by atoms with Gasteiger partial charge in [0.1, 0.15) is 5.03 Å². The van der Waals surface area contributed by atoms with E-state index >= 15 is 0 Å². The van der Waals surface area contributed by atoms with Crippen LogP contribution in [0.15, 0.2) is 20.9 Å². The van der Waals surface area contributed by atoms with Crippen LogP contribution < -0.4 is 0 Å². The Bertz CT molecular complexity index is 557. The molecule has 0 aromatic carbocycles. The molecule has 2 aromatic heterocycles. The van der Waals surface area contributed by atoms with Gasteiger partial charge in [0, 0.05) is 6.20 Å². The van der Waals surface area contributed by atoms with Crippen LogP contribution in [0, 0.1) is 0 Å². The zero-order chi connectivity index (χ0) is 11.8. The minimum atomic E-state index is 0.209. The van der Waals surface area contributed by atoms with Gasteiger partial charge in [-0.25, -0.2) is 14.6 Å². The summed E-state index contributed by atoms with van der Waals surface area (Å²) >= 11 is 10.5. The maximum absolute atomic E-state index is 5.76. The van der Waals surface area contributed by atoms with E-state index in [1.807, 2.05) is 4.68 Å². The number of hydrogen-bond acceptors (Lipinski definition) is 6. The molecule has 1 fully saturated rings. The van der Waals surface area contributed by atoms with Gasteiger partial charge in [-0.2, -0.15) is 0 Å². The van der Waals surface area contributed by atoms with E-state index in [1.165, 1.54) is 11.8 Å². The maximum Gasteiger partial charge on any atom is 0.223 e. The van der Waals surface area contributed by atoms with Gasteiger partial charge in [-0.05, 0) is 62.6 Å². The van der Waals surface area contributed by atoms with Crippen molar-refractivity contribution < 1.29 is 0 Å². The molecule has 0 saturated heterocycles. The highest BCUT2D eigenvalue weighted by molar-refractivity contribution is 9.10. The van der Waals surface area contributed by atoms with Gasteiger partial charge in [-0.1, -0.05) is 0 Å². The summed E-state index contributed by atoms with van der Waals surface area (Å²) in [6, 6.07) is 0.434. The van der Waals surface area contributed by atoms with Gasteiger partial charge >= 0.3 is 0 Å². The number of halogens is 2. The molecule has 88 valence electrons. The quantitative estimate of drug-likeness (QED) is 0.634. The molecule has 1 aliphatic carbocycles. The molecule has 1 saturated carbocycles. The van der Waals surface area contributed by atoms with Gasteiger partial charge in [0.15, 0.2) is 0 Å². The second kappa shape index (κ2) is 4.51. The first-order valence-electron chi connectivity index (χ1n) is 4.88. The molecule has 17 heavy (non-hydrogen) atoms. The molecule has 0 radical (unpaired) electrons. The summed E-state index contributed by atoms with van der Waals surface area (Å²) in [5, 5.41) is 13.3. The fraction of sp³-hybridized carbons (Fsp3) is 0.375. The summed E-state index contributed by atoms with van der Waals surface area (Å²) in [5.74, 6) is 0. The van der Waals surface area contributed by atoms with Crippen molar-refractivity contribution in [3.63, 3.8) is 0 Å². The Kier molecular flexibility index (Phi) is 3.01. The average molecular weight is 334 g/mol. The van der Waals surface area contributed by atoms with E-state index in [0.717, 1.165) is 22.5 Å². The third kappa shape index (κ3) is 2.43. The van der Waals surface area contributed by atoms with Crippen LogP contribution in [0.4, 0.5) is 0 Å². The lowest BCUT2D eigenvalue weighted by molar-refractivity contribution is 0.565. The fourth-order valence-corrected chi connectivity index (χ4v) is 2.72. The monoisotopic (exact) mass is 332 g/mol. The predicted molar refractivity (Wildman–Crippen MR) is 65.0 cm³/mol. The van der Waals surface area contributed by atoms with E-state index < -0.39 is 0 Å². The van der Waals surface area contributed by atoms with Crippen LogP contribution in [0.3, 0.4) is 0 Å². The zero-order valence-corrected chi connectivity index (χ0v) is 11.6.